The first-order valence-electron chi connectivity index (χ1n) is 6.52. The van der Waals surface area contributed by atoms with Crippen LogP contribution in [-0.2, 0) is 13.1 Å². The number of H-pyrrole nitrogens is 2. The molecule has 0 fully saturated rings. The number of hydrogen-bond donors (Lipinski definition) is 5. The molecule has 5 N–H and O–H groups in total. The lowest BCUT2D eigenvalue weighted by Gasteiger charge is -2.06. The SMILES string of the molecule is c1ncc(CNCCNCCNCc2cnc[nH]2)[nH]1. The minimum atomic E-state index is 0.833. The van der Waals surface area contributed by atoms with Gasteiger partial charge in [0.1, 0.15) is 0 Å². The van der Waals surface area contributed by atoms with E-state index in [1.54, 1.807) is 12.7 Å². The zero-order chi connectivity index (χ0) is 13.2. The maximum absolute atomic E-state index is 3.97. The minimum absolute atomic E-state index is 0.833. The van der Waals surface area contributed by atoms with Gasteiger partial charge in [-0.15, -0.1) is 0 Å². The fourth-order valence-corrected chi connectivity index (χ4v) is 1.69. The quantitative estimate of drug-likeness (QED) is 0.376. The molecule has 0 spiro atoms. The molecule has 0 atom stereocenters. The molecule has 0 aliphatic carbocycles. The minimum Gasteiger partial charge on any atom is -0.347 e. The largest absolute Gasteiger partial charge is 0.347 e. The van der Waals surface area contributed by atoms with E-state index in [1.165, 1.54) is 0 Å². The van der Waals surface area contributed by atoms with E-state index < -0.39 is 0 Å². The number of hydrogen-bond acceptors (Lipinski definition) is 5. The van der Waals surface area contributed by atoms with Gasteiger partial charge in [-0.1, -0.05) is 0 Å². The Balaban J connectivity index is 1.36. The Bertz CT molecular complexity index is 369. The molecule has 2 aromatic heterocycles. The molecule has 0 aromatic carbocycles. The van der Waals surface area contributed by atoms with Crippen molar-refractivity contribution in [1.82, 2.24) is 35.9 Å². The van der Waals surface area contributed by atoms with E-state index in [2.05, 4.69) is 35.9 Å². The number of aromatic amines is 2. The monoisotopic (exact) mass is 263 g/mol. The van der Waals surface area contributed by atoms with E-state index in [0.29, 0.717) is 0 Å². The van der Waals surface area contributed by atoms with Crippen molar-refractivity contribution in [3.05, 3.63) is 36.4 Å². The summed E-state index contributed by atoms with van der Waals surface area (Å²) in [6, 6.07) is 0. The normalized spacial score (nSPS) is 10.9. The molecule has 0 saturated heterocycles. The third kappa shape index (κ3) is 5.64. The molecule has 2 aromatic rings. The van der Waals surface area contributed by atoms with E-state index in [4.69, 9.17) is 0 Å². The lowest BCUT2D eigenvalue weighted by atomic mass is 10.4. The maximum atomic E-state index is 3.97. The highest BCUT2D eigenvalue weighted by molar-refractivity contribution is 4.93. The average Bonchev–Trinajstić information content (AvgIpc) is 3.10. The van der Waals surface area contributed by atoms with Gasteiger partial charge in [0.25, 0.3) is 0 Å². The van der Waals surface area contributed by atoms with Gasteiger partial charge in [-0.3, -0.25) is 0 Å². The molecule has 0 bridgehead atoms. The molecule has 7 nitrogen and oxygen atoms in total. The third-order valence-corrected chi connectivity index (χ3v) is 2.70. The second-order valence-electron chi connectivity index (χ2n) is 4.26. The number of rotatable bonds is 10. The number of nitrogens with one attached hydrogen (secondary N) is 5. The molecule has 0 aliphatic rings. The van der Waals surface area contributed by atoms with Crippen molar-refractivity contribution in [3.63, 3.8) is 0 Å². The van der Waals surface area contributed by atoms with Gasteiger partial charge < -0.3 is 25.9 Å². The Kier molecular flexibility index (Phi) is 6.08. The van der Waals surface area contributed by atoms with Crippen LogP contribution >= 0.6 is 0 Å². The maximum Gasteiger partial charge on any atom is 0.0922 e. The van der Waals surface area contributed by atoms with Crippen LogP contribution in [0.15, 0.2) is 25.0 Å². The molecule has 0 saturated carbocycles. The van der Waals surface area contributed by atoms with Crippen molar-refractivity contribution < 1.29 is 0 Å². The molecule has 19 heavy (non-hydrogen) atoms. The van der Waals surface area contributed by atoms with Crippen LogP contribution in [0.4, 0.5) is 0 Å². The summed E-state index contributed by atoms with van der Waals surface area (Å²) in [4.78, 5) is 14.0. The molecule has 0 aliphatic heterocycles. The topological polar surface area (TPSA) is 93.4 Å². The Hall–Kier alpha value is -1.70. The van der Waals surface area contributed by atoms with Gasteiger partial charge in [-0.25, -0.2) is 9.97 Å². The molecule has 0 amide bonds. The second-order valence-corrected chi connectivity index (χ2v) is 4.26. The van der Waals surface area contributed by atoms with Crippen LogP contribution in [0.5, 0.6) is 0 Å². The number of nitrogens with zero attached hydrogens (tertiary/aromatic N) is 2. The Labute approximate surface area is 112 Å². The van der Waals surface area contributed by atoms with E-state index in [0.717, 1.165) is 50.7 Å². The number of imidazole rings is 2. The molecule has 104 valence electrons. The lowest BCUT2D eigenvalue weighted by Crippen LogP contribution is -2.32. The Morgan fingerprint density at radius 1 is 0.737 bits per heavy atom. The predicted octanol–water partition coefficient (Wildman–Crippen LogP) is -0.398. The van der Waals surface area contributed by atoms with Crippen molar-refractivity contribution in [2.24, 2.45) is 0 Å². The van der Waals surface area contributed by atoms with Crippen LogP contribution in [0.1, 0.15) is 11.4 Å². The van der Waals surface area contributed by atoms with Gasteiger partial charge in [-0.05, 0) is 0 Å². The summed E-state index contributed by atoms with van der Waals surface area (Å²) >= 11 is 0. The van der Waals surface area contributed by atoms with Crippen LogP contribution < -0.4 is 16.0 Å². The fraction of sp³-hybridized carbons (Fsp3) is 0.500. The lowest BCUT2D eigenvalue weighted by molar-refractivity contribution is 0.577. The molecule has 0 unspecified atom stereocenters. The van der Waals surface area contributed by atoms with E-state index in [9.17, 15) is 0 Å². The van der Waals surface area contributed by atoms with Crippen molar-refractivity contribution in [2.75, 3.05) is 26.2 Å². The van der Waals surface area contributed by atoms with Crippen molar-refractivity contribution in [3.8, 4) is 0 Å². The van der Waals surface area contributed by atoms with Crippen LogP contribution in [0, 0.1) is 0 Å². The molecule has 7 heteroatoms. The number of aromatic nitrogens is 4. The summed E-state index contributed by atoms with van der Waals surface area (Å²) in [5.74, 6) is 0. The zero-order valence-electron chi connectivity index (χ0n) is 10.9. The standard InChI is InChI=1S/C12H21N7/c1(3-14-5-11-7-16-9-18-11)13-2-4-15-6-12-8-17-10-19-12/h7-10,13-15H,1-6H2,(H,16,18)(H,17,19). The summed E-state index contributed by atoms with van der Waals surface area (Å²) in [7, 11) is 0. The smallest absolute Gasteiger partial charge is 0.0922 e. The highest BCUT2D eigenvalue weighted by Gasteiger charge is 1.94. The van der Waals surface area contributed by atoms with E-state index in [1.807, 2.05) is 12.4 Å². The molecule has 0 radical (unpaired) electrons. The first kappa shape index (κ1) is 13.7. The predicted molar refractivity (Wildman–Crippen MR) is 73.5 cm³/mol. The van der Waals surface area contributed by atoms with Crippen LogP contribution in [-0.4, -0.2) is 46.1 Å². The van der Waals surface area contributed by atoms with Gasteiger partial charge in [0, 0.05) is 63.1 Å². The van der Waals surface area contributed by atoms with Crippen LogP contribution in [0.3, 0.4) is 0 Å². The summed E-state index contributed by atoms with van der Waals surface area (Å²) in [6.45, 7) is 5.47. The van der Waals surface area contributed by atoms with Crippen molar-refractivity contribution in [2.45, 2.75) is 13.1 Å². The van der Waals surface area contributed by atoms with Gasteiger partial charge in [0.15, 0.2) is 0 Å². The Morgan fingerprint density at radius 3 is 1.63 bits per heavy atom. The zero-order valence-corrected chi connectivity index (χ0v) is 10.9. The van der Waals surface area contributed by atoms with Gasteiger partial charge >= 0.3 is 0 Å². The Morgan fingerprint density at radius 2 is 1.21 bits per heavy atom. The van der Waals surface area contributed by atoms with Crippen molar-refractivity contribution >= 4 is 0 Å². The van der Waals surface area contributed by atoms with E-state index >= 15 is 0 Å². The summed E-state index contributed by atoms with van der Waals surface area (Å²) in [5, 5.41) is 10.0. The van der Waals surface area contributed by atoms with Gasteiger partial charge in [-0.2, -0.15) is 0 Å². The summed E-state index contributed by atoms with van der Waals surface area (Å²) in [5.41, 5.74) is 2.22. The first-order chi connectivity index (χ1) is 9.45. The molecule has 2 rings (SSSR count). The van der Waals surface area contributed by atoms with Crippen LogP contribution in [0.25, 0.3) is 0 Å². The third-order valence-electron chi connectivity index (χ3n) is 2.70. The molecular formula is C12H21N7. The van der Waals surface area contributed by atoms with Crippen LogP contribution in [0.2, 0.25) is 0 Å². The molecule has 2 heterocycles. The first-order valence-corrected chi connectivity index (χ1v) is 6.52. The highest BCUT2D eigenvalue weighted by atomic mass is 15.0. The molecular weight excluding hydrogens is 242 g/mol. The van der Waals surface area contributed by atoms with E-state index in [-0.39, 0.29) is 0 Å². The van der Waals surface area contributed by atoms with Gasteiger partial charge in [0.05, 0.1) is 12.7 Å². The fourth-order valence-electron chi connectivity index (χ4n) is 1.69. The summed E-state index contributed by atoms with van der Waals surface area (Å²) in [6.07, 6.45) is 7.06. The van der Waals surface area contributed by atoms with Gasteiger partial charge in [0.2, 0.25) is 0 Å². The second kappa shape index (κ2) is 8.41. The average molecular weight is 263 g/mol. The summed E-state index contributed by atoms with van der Waals surface area (Å²) < 4.78 is 0. The highest BCUT2D eigenvalue weighted by Crippen LogP contribution is 1.88. The van der Waals surface area contributed by atoms with Crippen molar-refractivity contribution in [1.29, 1.82) is 0 Å².